The van der Waals surface area contributed by atoms with Gasteiger partial charge >= 0.3 is 0 Å². The Labute approximate surface area is 115 Å². The van der Waals surface area contributed by atoms with Crippen LogP contribution >= 0.6 is 0 Å². The predicted molar refractivity (Wildman–Crippen MR) is 69.2 cm³/mol. The number of carbonyl (C=O) groups excluding carboxylic acids is 2. The van der Waals surface area contributed by atoms with Crippen LogP contribution in [-0.2, 0) is 16.0 Å². The van der Waals surface area contributed by atoms with Crippen LogP contribution in [-0.4, -0.2) is 29.8 Å². The molecule has 6 heteroatoms. The number of amides is 2. The summed E-state index contributed by atoms with van der Waals surface area (Å²) in [5.74, 6) is -3.99. The van der Waals surface area contributed by atoms with Crippen molar-refractivity contribution in [3.8, 4) is 0 Å². The molecule has 1 aliphatic heterocycles. The Bertz CT molecular complexity index is 500. The molecular weight excluding hydrogens is 266 g/mol. The van der Waals surface area contributed by atoms with Gasteiger partial charge in [0.1, 0.15) is 12.1 Å². The number of benzene rings is 1. The highest BCUT2D eigenvalue weighted by atomic mass is 19.3. The molecule has 1 fully saturated rings. The summed E-state index contributed by atoms with van der Waals surface area (Å²) in [6.45, 7) is 0.725. The van der Waals surface area contributed by atoms with Gasteiger partial charge in [0.15, 0.2) is 0 Å². The third-order valence-corrected chi connectivity index (χ3v) is 3.11. The van der Waals surface area contributed by atoms with Crippen LogP contribution in [0.15, 0.2) is 30.3 Å². The molecule has 0 saturated carbocycles. The number of halogens is 2. The molecule has 0 radical (unpaired) electrons. The maximum absolute atomic E-state index is 12.9. The Hall–Kier alpha value is -1.98. The standard InChI is InChI=1S/C14H16F2N2O2/c1-14(15,16)8-11-13(20)17-10(12(19)18-11)7-9-5-3-2-4-6-9/h2-6,10-11H,7-8H2,1H3,(H,17,20)(H,18,19)/t10-,11+/m1/s1. The van der Waals surface area contributed by atoms with E-state index in [1.54, 1.807) is 0 Å². The molecular formula is C14H16F2N2O2. The van der Waals surface area contributed by atoms with Crippen LogP contribution in [0.4, 0.5) is 8.78 Å². The first-order valence-corrected chi connectivity index (χ1v) is 6.38. The number of hydrogen-bond acceptors (Lipinski definition) is 2. The van der Waals surface area contributed by atoms with E-state index in [4.69, 9.17) is 0 Å². The molecule has 0 bridgehead atoms. The van der Waals surface area contributed by atoms with E-state index in [0.717, 1.165) is 12.5 Å². The fourth-order valence-electron chi connectivity index (χ4n) is 2.17. The number of piperazine rings is 1. The lowest BCUT2D eigenvalue weighted by molar-refractivity contribution is -0.139. The van der Waals surface area contributed by atoms with Gasteiger partial charge in [0.2, 0.25) is 17.7 Å². The zero-order valence-corrected chi connectivity index (χ0v) is 11.0. The minimum Gasteiger partial charge on any atom is -0.342 e. The Morgan fingerprint density at radius 3 is 2.20 bits per heavy atom. The van der Waals surface area contributed by atoms with Gasteiger partial charge in [0.25, 0.3) is 0 Å². The molecule has 0 aromatic heterocycles. The van der Waals surface area contributed by atoms with Gasteiger partial charge in [-0.1, -0.05) is 30.3 Å². The summed E-state index contributed by atoms with van der Waals surface area (Å²) in [5, 5.41) is 4.87. The monoisotopic (exact) mass is 282 g/mol. The second-order valence-corrected chi connectivity index (χ2v) is 5.09. The van der Waals surface area contributed by atoms with E-state index >= 15 is 0 Å². The lowest BCUT2D eigenvalue weighted by Gasteiger charge is -2.30. The third kappa shape index (κ3) is 3.76. The summed E-state index contributed by atoms with van der Waals surface area (Å²) >= 11 is 0. The summed E-state index contributed by atoms with van der Waals surface area (Å²) in [6.07, 6.45) is -0.351. The molecule has 2 N–H and O–H groups in total. The molecule has 108 valence electrons. The number of nitrogens with one attached hydrogen (secondary N) is 2. The van der Waals surface area contributed by atoms with E-state index in [9.17, 15) is 18.4 Å². The Kier molecular flexibility index (Phi) is 4.01. The third-order valence-electron chi connectivity index (χ3n) is 3.11. The fourth-order valence-corrected chi connectivity index (χ4v) is 2.17. The quantitative estimate of drug-likeness (QED) is 0.873. The van der Waals surface area contributed by atoms with Crippen LogP contribution < -0.4 is 10.6 Å². The van der Waals surface area contributed by atoms with Crippen molar-refractivity contribution in [3.05, 3.63) is 35.9 Å². The molecule has 20 heavy (non-hydrogen) atoms. The molecule has 2 atom stereocenters. The molecule has 2 rings (SSSR count). The van der Waals surface area contributed by atoms with Crippen LogP contribution in [0.2, 0.25) is 0 Å². The van der Waals surface area contributed by atoms with E-state index in [-0.39, 0.29) is 0 Å². The van der Waals surface area contributed by atoms with Crippen molar-refractivity contribution in [1.29, 1.82) is 0 Å². The second kappa shape index (κ2) is 5.56. The molecule has 0 spiro atoms. The van der Waals surface area contributed by atoms with Crippen molar-refractivity contribution in [2.75, 3.05) is 0 Å². The van der Waals surface area contributed by atoms with Gasteiger partial charge in [-0.25, -0.2) is 8.78 Å². The summed E-state index contributed by atoms with van der Waals surface area (Å²) in [6, 6.07) is 7.30. The zero-order valence-electron chi connectivity index (χ0n) is 11.0. The van der Waals surface area contributed by atoms with E-state index in [2.05, 4.69) is 10.6 Å². The topological polar surface area (TPSA) is 58.2 Å². The Morgan fingerprint density at radius 1 is 1.05 bits per heavy atom. The minimum absolute atomic E-state index is 0.341. The largest absolute Gasteiger partial charge is 0.342 e. The summed E-state index contributed by atoms with van der Waals surface area (Å²) in [7, 11) is 0. The summed E-state index contributed by atoms with van der Waals surface area (Å²) in [4.78, 5) is 23.6. The molecule has 1 aliphatic rings. The smallest absolute Gasteiger partial charge is 0.247 e. The van der Waals surface area contributed by atoms with E-state index in [1.165, 1.54) is 0 Å². The van der Waals surface area contributed by atoms with E-state index < -0.39 is 36.2 Å². The molecule has 0 aliphatic carbocycles. The van der Waals surface area contributed by atoms with Gasteiger partial charge in [0, 0.05) is 12.8 Å². The first-order valence-electron chi connectivity index (χ1n) is 6.38. The number of hydrogen-bond donors (Lipinski definition) is 2. The summed E-state index contributed by atoms with van der Waals surface area (Å²) < 4.78 is 25.8. The van der Waals surface area contributed by atoms with Crippen molar-refractivity contribution in [1.82, 2.24) is 10.6 Å². The molecule has 0 unspecified atom stereocenters. The van der Waals surface area contributed by atoms with Crippen LogP contribution in [0.5, 0.6) is 0 Å². The maximum atomic E-state index is 12.9. The normalized spacial score (nSPS) is 23.1. The number of alkyl halides is 2. The van der Waals surface area contributed by atoms with Gasteiger partial charge in [0.05, 0.1) is 0 Å². The molecule has 1 heterocycles. The molecule has 1 aromatic carbocycles. The highest BCUT2D eigenvalue weighted by molar-refractivity contribution is 5.97. The van der Waals surface area contributed by atoms with Crippen molar-refractivity contribution >= 4 is 11.8 Å². The fraction of sp³-hybridized carbons (Fsp3) is 0.429. The second-order valence-electron chi connectivity index (χ2n) is 5.09. The van der Waals surface area contributed by atoms with Crippen LogP contribution in [0.1, 0.15) is 18.9 Å². The maximum Gasteiger partial charge on any atom is 0.247 e. The lowest BCUT2D eigenvalue weighted by atomic mass is 10.00. The molecule has 4 nitrogen and oxygen atoms in total. The average molecular weight is 282 g/mol. The Morgan fingerprint density at radius 2 is 1.60 bits per heavy atom. The lowest BCUT2D eigenvalue weighted by Crippen LogP contribution is -2.63. The van der Waals surface area contributed by atoms with Crippen LogP contribution in [0.3, 0.4) is 0 Å². The number of carbonyl (C=O) groups is 2. The van der Waals surface area contributed by atoms with Gasteiger partial charge in [-0.15, -0.1) is 0 Å². The zero-order chi connectivity index (χ0) is 14.8. The number of rotatable bonds is 4. The SMILES string of the molecule is CC(F)(F)C[C@@H]1NC(=O)[C@@H](Cc2ccccc2)NC1=O. The molecule has 1 aromatic rings. The van der Waals surface area contributed by atoms with Gasteiger partial charge in [-0.3, -0.25) is 9.59 Å². The molecule has 2 amide bonds. The summed E-state index contributed by atoms with van der Waals surface area (Å²) in [5.41, 5.74) is 0.896. The van der Waals surface area contributed by atoms with Crippen molar-refractivity contribution in [2.24, 2.45) is 0 Å². The van der Waals surface area contributed by atoms with Crippen molar-refractivity contribution < 1.29 is 18.4 Å². The first kappa shape index (κ1) is 14.4. The Balaban J connectivity index is 2.00. The predicted octanol–water partition coefficient (Wildman–Crippen LogP) is 1.26. The molecule has 1 saturated heterocycles. The highest BCUT2D eigenvalue weighted by Crippen LogP contribution is 2.20. The van der Waals surface area contributed by atoms with Gasteiger partial charge in [-0.05, 0) is 12.5 Å². The van der Waals surface area contributed by atoms with E-state index in [0.29, 0.717) is 6.42 Å². The van der Waals surface area contributed by atoms with Gasteiger partial charge in [-0.2, -0.15) is 0 Å². The first-order chi connectivity index (χ1) is 9.35. The average Bonchev–Trinajstić information content (AvgIpc) is 2.35. The van der Waals surface area contributed by atoms with Crippen molar-refractivity contribution in [2.45, 2.75) is 37.8 Å². The van der Waals surface area contributed by atoms with Crippen molar-refractivity contribution in [3.63, 3.8) is 0 Å². The highest BCUT2D eigenvalue weighted by Gasteiger charge is 2.38. The van der Waals surface area contributed by atoms with Crippen LogP contribution in [0, 0.1) is 0 Å². The van der Waals surface area contributed by atoms with E-state index in [1.807, 2.05) is 30.3 Å². The van der Waals surface area contributed by atoms with Gasteiger partial charge < -0.3 is 10.6 Å². The van der Waals surface area contributed by atoms with Crippen LogP contribution in [0.25, 0.3) is 0 Å². The minimum atomic E-state index is -3.00.